The molecule has 2 rings (SSSR count). The maximum atomic E-state index is 15.2. The zero-order valence-electron chi connectivity index (χ0n) is 30.1. The first kappa shape index (κ1) is 37.5. The van der Waals surface area contributed by atoms with Crippen LogP contribution in [-0.4, -0.2) is 68.0 Å². The molecule has 0 aromatic heterocycles. The molecule has 0 radical (unpaired) electrons. The Labute approximate surface area is 268 Å². The molecular formula is C33H64OSi6Te. The van der Waals surface area contributed by atoms with Crippen LogP contribution in [0.15, 0.2) is 42.5 Å². The van der Waals surface area contributed by atoms with Crippen molar-refractivity contribution in [3.05, 3.63) is 59.2 Å². The molecule has 0 aliphatic heterocycles. The second-order valence-electron chi connectivity index (χ2n) is 19.1. The van der Waals surface area contributed by atoms with Crippen LogP contribution in [0, 0.1) is 0 Å². The predicted octanol–water partition coefficient (Wildman–Crippen LogP) is 9.74. The van der Waals surface area contributed by atoms with Gasteiger partial charge in [0.15, 0.2) is 0 Å². The average molecular weight is 773 g/mol. The second kappa shape index (κ2) is 12.6. The van der Waals surface area contributed by atoms with Gasteiger partial charge in [-0.3, -0.25) is 0 Å². The Bertz CT molecular complexity index is 1120. The van der Waals surface area contributed by atoms with Gasteiger partial charge in [-0.05, 0) is 0 Å². The van der Waals surface area contributed by atoms with Gasteiger partial charge >= 0.3 is 271 Å². The third kappa shape index (κ3) is 9.18. The van der Waals surface area contributed by atoms with Crippen molar-refractivity contribution < 1.29 is 3.10 Å². The molecule has 0 heterocycles. The monoisotopic (exact) mass is 774 g/mol. The van der Waals surface area contributed by atoms with Crippen molar-refractivity contribution in [3.8, 4) is 0 Å². The summed E-state index contributed by atoms with van der Waals surface area (Å²) in [6.45, 7) is 46.6. The fourth-order valence-electron chi connectivity index (χ4n) is 8.93. The van der Waals surface area contributed by atoms with Crippen molar-refractivity contribution in [2.45, 2.75) is 133 Å². The molecule has 0 N–H and O–H groups in total. The van der Waals surface area contributed by atoms with E-state index in [-0.39, 0.29) is 0 Å². The van der Waals surface area contributed by atoms with E-state index in [1.807, 2.05) is 0 Å². The molecule has 2 aromatic rings. The summed E-state index contributed by atoms with van der Waals surface area (Å²) in [6, 6.07) is 16.0. The molecule has 0 atom stereocenters. The molecule has 0 saturated carbocycles. The SMILES string of the molecule is C[Si](C)(C)C(c1cc(C([Si](C)(C)C)[Si](C)(C)C)c([Te](=O)c2ccccc2)c(C([Si](C)(C)C)[Si](C)(C)C)c1)[Si](C)(C)C. The summed E-state index contributed by atoms with van der Waals surface area (Å²) in [6.07, 6.45) is 0. The van der Waals surface area contributed by atoms with Crippen LogP contribution in [0.5, 0.6) is 0 Å². The molecule has 0 saturated heterocycles. The van der Waals surface area contributed by atoms with Gasteiger partial charge in [0.1, 0.15) is 0 Å². The van der Waals surface area contributed by atoms with E-state index >= 15 is 3.10 Å². The van der Waals surface area contributed by atoms with Gasteiger partial charge in [-0.1, -0.05) is 0 Å². The van der Waals surface area contributed by atoms with Crippen molar-refractivity contribution in [1.29, 1.82) is 0 Å². The fourth-order valence-corrected chi connectivity index (χ4v) is 52.4. The first-order chi connectivity index (χ1) is 18.1. The molecular weight excluding hydrogens is 708 g/mol. The number of hydrogen-bond acceptors (Lipinski definition) is 1. The Morgan fingerprint density at radius 2 is 0.756 bits per heavy atom. The maximum absolute atomic E-state index is 15.2. The van der Waals surface area contributed by atoms with Gasteiger partial charge in [-0.15, -0.1) is 0 Å². The van der Waals surface area contributed by atoms with Crippen LogP contribution < -0.4 is 7.22 Å². The van der Waals surface area contributed by atoms with E-state index in [0.717, 1.165) is 3.61 Å². The Balaban J connectivity index is 3.36. The van der Waals surface area contributed by atoms with Crippen molar-refractivity contribution in [3.63, 3.8) is 0 Å². The Kier molecular flexibility index (Phi) is 11.5. The summed E-state index contributed by atoms with van der Waals surface area (Å²) in [5, 5.41) is 1.84. The number of rotatable bonds is 11. The molecule has 0 amide bonds. The molecule has 0 unspecified atom stereocenters. The van der Waals surface area contributed by atoms with Crippen molar-refractivity contribution >= 4 is 75.2 Å². The van der Waals surface area contributed by atoms with E-state index in [4.69, 9.17) is 0 Å². The number of hydrogen-bond donors (Lipinski definition) is 0. The summed E-state index contributed by atoms with van der Waals surface area (Å²) >= 11 is -3.08. The molecule has 0 bridgehead atoms. The predicted molar refractivity (Wildman–Crippen MR) is 207 cm³/mol. The molecule has 0 aliphatic carbocycles. The van der Waals surface area contributed by atoms with Crippen molar-refractivity contribution in [1.82, 2.24) is 0 Å². The van der Waals surface area contributed by atoms with Gasteiger partial charge in [0.25, 0.3) is 0 Å². The van der Waals surface area contributed by atoms with Gasteiger partial charge in [0.05, 0.1) is 0 Å². The van der Waals surface area contributed by atoms with E-state index in [0.29, 0.717) is 15.5 Å². The molecule has 1 nitrogen and oxygen atoms in total. The quantitative estimate of drug-likeness (QED) is 0.208. The standard InChI is InChI=1S/C33H64OSi6Te/c1-35(2,3)31(36(4,5)6)26-24-28(32(37(7,8)9)38(10,11)12)30(41(34)27-22-20-19-21-23-27)29(25-26)33(39(13,14)15)40(16,17)18/h19-25,31-33H,1-18H3. The van der Waals surface area contributed by atoms with Gasteiger partial charge in [-0.25, -0.2) is 0 Å². The minimum absolute atomic E-state index is 0.581. The average Bonchev–Trinajstić information content (AvgIpc) is 2.67. The first-order valence-electron chi connectivity index (χ1n) is 15.7. The topological polar surface area (TPSA) is 17.1 Å². The van der Waals surface area contributed by atoms with Gasteiger partial charge in [0, 0.05) is 0 Å². The van der Waals surface area contributed by atoms with Crippen LogP contribution in [0.4, 0.5) is 0 Å². The van der Waals surface area contributed by atoms with Crippen molar-refractivity contribution in [2.24, 2.45) is 0 Å². The van der Waals surface area contributed by atoms with E-state index in [2.05, 4.69) is 160 Å². The molecule has 232 valence electrons. The Morgan fingerprint density at radius 3 is 1.02 bits per heavy atom. The van der Waals surface area contributed by atoms with E-state index < -0.39 is 68.0 Å². The van der Waals surface area contributed by atoms with E-state index in [9.17, 15) is 0 Å². The molecule has 8 heteroatoms. The minimum atomic E-state index is -3.08. The van der Waals surface area contributed by atoms with Gasteiger partial charge in [-0.2, -0.15) is 0 Å². The van der Waals surface area contributed by atoms with Crippen LogP contribution in [0.2, 0.25) is 118 Å². The summed E-state index contributed by atoms with van der Waals surface area (Å²) in [5.74, 6) is 0. The van der Waals surface area contributed by atoms with Crippen LogP contribution in [0.3, 0.4) is 0 Å². The number of benzene rings is 2. The van der Waals surface area contributed by atoms with E-state index in [1.54, 1.807) is 16.7 Å². The van der Waals surface area contributed by atoms with Gasteiger partial charge in [0.2, 0.25) is 0 Å². The van der Waals surface area contributed by atoms with Crippen LogP contribution in [0.25, 0.3) is 0 Å². The third-order valence-electron chi connectivity index (χ3n) is 8.46. The fraction of sp³-hybridized carbons (Fsp3) is 0.636. The normalized spacial score (nSPS) is 14.6. The van der Waals surface area contributed by atoms with Crippen LogP contribution in [0.1, 0.15) is 32.2 Å². The summed E-state index contributed by atoms with van der Waals surface area (Å²) < 4.78 is 17.7. The van der Waals surface area contributed by atoms with Crippen LogP contribution >= 0.6 is 0 Å². The first-order valence-corrected chi connectivity index (χ1v) is 40.5. The summed E-state index contributed by atoms with van der Waals surface area (Å²) in [5.41, 5.74) is 4.73. The summed E-state index contributed by atoms with van der Waals surface area (Å²) in [7, 11) is -9.63. The zero-order valence-corrected chi connectivity index (χ0v) is 38.4. The van der Waals surface area contributed by atoms with Crippen molar-refractivity contribution in [2.75, 3.05) is 0 Å². The molecule has 0 spiro atoms. The Morgan fingerprint density at radius 1 is 0.463 bits per heavy atom. The van der Waals surface area contributed by atoms with E-state index in [1.165, 1.54) is 3.61 Å². The molecule has 2 aromatic carbocycles. The third-order valence-corrected chi connectivity index (χ3v) is 40.8. The Hall–Kier alpha value is 0.331. The second-order valence-corrected chi connectivity index (χ2v) is 56.7. The van der Waals surface area contributed by atoms with Gasteiger partial charge < -0.3 is 0 Å². The van der Waals surface area contributed by atoms with Crippen LogP contribution in [-0.2, 0) is 3.10 Å². The molecule has 0 aliphatic rings. The molecule has 0 fully saturated rings. The molecule has 41 heavy (non-hydrogen) atoms. The zero-order chi connectivity index (χ0) is 32.1. The summed E-state index contributed by atoms with van der Waals surface area (Å²) in [4.78, 5) is 0.